The van der Waals surface area contributed by atoms with Crippen LogP contribution in [0.25, 0.3) is 5.69 Å². The van der Waals surface area contributed by atoms with E-state index >= 15 is 0 Å². The molecule has 1 atom stereocenters. The molecule has 1 saturated heterocycles. The number of hydrogen-bond donors (Lipinski definition) is 1. The van der Waals surface area contributed by atoms with Crippen molar-refractivity contribution in [2.75, 3.05) is 11.5 Å². The van der Waals surface area contributed by atoms with Crippen LogP contribution in [0.1, 0.15) is 19.2 Å². The largest absolute Gasteiger partial charge is 0.494 e. The van der Waals surface area contributed by atoms with Crippen molar-refractivity contribution in [1.29, 1.82) is 0 Å². The lowest BCUT2D eigenvalue weighted by atomic mass is 10.2. The molecule has 0 spiro atoms. The lowest BCUT2D eigenvalue weighted by Crippen LogP contribution is -2.90. The zero-order chi connectivity index (χ0) is 20.2. The molecule has 1 aromatic heterocycles. The van der Waals surface area contributed by atoms with Gasteiger partial charge in [-0.1, -0.05) is 18.2 Å². The summed E-state index contributed by atoms with van der Waals surface area (Å²) in [4.78, 5) is 26.6. The Morgan fingerprint density at radius 1 is 1.07 bits per heavy atom. The molecular weight excluding hydrogens is 370 g/mol. The third-order valence-corrected chi connectivity index (χ3v) is 4.83. The highest BCUT2D eigenvalue weighted by Gasteiger charge is 2.42. The molecule has 0 saturated carbocycles. The normalized spacial score (nSPS) is 16.4. The summed E-state index contributed by atoms with van der Waals surface area (Å²) in [6.45, 7) is 2.90. The number of rotatable bonds is 7. The molecule has 2 N–H and O–H groups in total. The van der Waals surface area contributed by atoms with Gasteiger partial charge < -0.3 is 10.1 Å². The van der Waals surface area contributed by atoms with Gasteiger partial charge in [-0.05, 0) is 43.3 Å². The molecule has 0 bridgehead atoms. The number of ether oxygens (including phenoxy) is 1. The Morgan fingerprint density at radius 3 is 2.55 bits per heavy atom. The number of hydrogen-bond acceptors (Lipinski definition) is 5. The molecule has 0 radical (unpaired) electrons. The van der Waals surface area contributed by atoms with Crippen molar-refractivity contribution in [2.24, 2.45) is 0 Å². The first-order valence-corrected chi connectivity index (χ1v) is 9.54. The maximum atomic E-state index is 12.8. The van der Waals surface area contributed by atoms with E-state index in [0.29, 0.717) is 24.6 Å². The first kappa shape index (κ1) is 18.8. The number of carbonyl (C=O) groups excluding carboxylic acids is 2. The molecule has 8 nitrogen and oxygen atoms in total. The van der Waals surface area contributed by atoms with Gasteiger partial charge in [0.15, 0.2) is 11.9 Å². The van der Waals surface area contributed by atoms with E-state index in [2.05, 4.69) is 10.2 Å². The molecular formula is C21H22N5O3+. The van der Waals surface area contributed by atoms with Crippen molar-refractivity contribution in [1.82, 2.24) is 14.8 Å². The van der Waals surface area contributed by atoms with Crippen LogP contribution in [0.15, 0.2) is 60.9 Å². The number of aromatic nitrogens is 3. The van der Waals surface area contributed by atoms with Gasteiger partial charge in [-0.15, -0.1) is 10.2 Å². The SMILES string of the molecule is CCOc1ccc(N2C(=O)C[C@H]([NH2+]Cc3nncn3-c3ccccc3)C2=O)cc1. The molecule has 1 aliphatic rings. The van der Waals surface area contributed by atoms with E-state index in [0.717, 1.165) is 11.5 Å². The zero-order valence-corrected chi connectivity index (χ0v) is 16.1. The summed E-state index contributed by atoms with van der Waals surface area (Å²) in [5, 5.41) is 9.99. The topological polar surface area (TPSA) is 93.9 Å². The summed E-state index contributed by atoms with van der Waals surface area (Å²) in [6.07, 6.45) is 1.80. The van der Waals surface area contributed by atoms with Gasteiger partial charge >= 0.3 is 0 Å². The number of benzene rings is 2. The Labute approximate surface area is 168 Å². The van der Waals surface area contributed by atoms with E-state index in [1.807, 2.05) is 47.1 Å². The molecule has 0 aliphatic carbocycles. The Kier molecular flexibility index (Phi) is 5.35. The van der Waals surface area contributed by atoms with Gasteiger partial charge in [0.25, 0.3) is 5.91 Å². The fraction of sp³-hybridized carbons (Fsp3) is 0.238. The van der Waals surface area contributed by atoms with Crippen molar-refractivity contribution in [3.05, 3.63) is 66.7 Å². The van der Waals surface area contributed by atoms with Gasteiger partial charge in [0.2, 0.25) is 5.91 Å². The molecule has 8 heteroatoms. The summed E-state index contributed by atoms with van der Waals surface area (Å²) < 4.78 is 7.29. The summed E-state index contributed by atoms with van der Waals surface area (Å²) in [5.41, 5.74) is 1.51. The van der Waals surface area contributed by atoms with Crippen LogP contribution >= 0.6 is 0 Å². The van der Waals surface area contributed by atoms with Gasteiger partial charge in [-0.25, -0.2) is 4.90 Å². The quantitative estimate of drug-likeness (QED) is 0.607. The van der Waals surface area contributed by atoms with Crippen LogP contribution in [0.2, 0.25) is 0 Å². The molecule has 0 unspecified atom stereocenters. The Bertz CT molecular complexity index is 1000. The Morgan fingerprint density at radius 2 is 1.83 bits per heavy atom. The minimum Gasteiger partial charge on any atom is -0.494 e. The van der Waals surface area contributed by atoms with Crippen LogP contribution in [0.3, 0.4) is 0 Å². The molecule has 1 fully saturated rings. The number of quaternary nitrogens is 1. The lowest BCUT2D eigenvalue weighted by Gasteiger charge is -2.15. The number of imide groups is 1. The van der Waals surface area contributed by atoms with E-state index in [9.17, 15) is 9.59 Å². The van der Waals surface area contributed by atoms with Crippen molar-refractivity contribution in [2.45, 2.75) is 25.9 Å². The number of amides is 2. The fourth-order valence-electron chi connectivity index (χ4n) is 3.42. The maximum absolute atomic E-state index is 12.8. The van der Waals surface area contributed by atoms with Crippen LogP contribution in [0, 0.1) is 0 Å². The number of nitrogens with two attached hydrogens (primary N) is 1. The van der Waals surface area contributed by atoms with E-state index in [4.69, 9.17) is 4.74 Å². The Balaban J connectivity index is 1.44. The van der Waals surface area contributed by atoms with Gasteiger partial charge in [0, 0.05) is 5.69 Å². The first-order valence-electron chi connectivity index (χ1n) is 9.54. The number of anilines is 1. The fourth-order valence-corrected chi connectivity index (χ4v) is 3.42. The van der Waals surface area contributed by atoms with Gasteiger partial charge in [0.1, 0.15) is 18.6 Å². The number of carbonyl (C=O) groups is 2. The van der Waals surface area contributed by atoms with Crippen LogP contribution in [0.5, 0.6) is 5.75 Å². The zero-order valence-electron chi connectivity index (χ0n) is 16.1. The average Bonchev–Trinajstić information content (AvgIpc) is 3.32. The second kappa shape index (κ2) is 8.24. The van der Waals surface area contributed by atoms with Gasteiger partial charge in [-0.3, -0.25) is 14.2 Å². The van der Waals surface area contributed by atoms with Crippen LogP contribution < -0.4 is 15.0 Å². The molecule has 2 aromatic carbocycles. The molecule has 4 rings (SSSR count). The van der Waals surface area contributed by atoms with E-state index < -0.39 is 6.04 Å². The van der Waals surface area contributed by atoms with Crippen LogP contribution in [-0.2, 0) is 16.1 Å². The van der Waals surface area contributed by atoms with Gasteiger partial charge in [0.05, 0.1) is 18.7 Å². The van der Waals surface area contributed by atoms with Crippen molar-refractivity contribution < 1.29 is 19.6 Å². The minimum atomic E-state index is -0.477. The smallest absolute Gasteiger partial charge is 0.292 e. The second-order valence-corrected chi connectivity index (χ2v) is 6.70. The third-order valence-electron chi connectivity index (χ3n) is 4.83. The second-order valence-electron chi connectivity index (χ2n) is 6.70. The standard InChI is InChI=1S/C21H21N5O3/c1-2-29-17-10-8-16(9-11-17)26-20(27)12-18(21(26)28)22-13-19-24-23-14-25(19)15-6-4-3-5-7-15/h3-11,14,18,22H,2,12-13H2,1H3/p+1/t18-/m0/s1. The molecule has 29 heavy (non-hydrogen) atoms. The van der Waals surface area contributed by atoms with Gasteiger partial charge in [-0.2, -0.15) is 0 Å². The highest BCUT2D eigenvalue weighted by Crippen LogP contribution is 2.24. The summed E-state index contributed by atoms with van der Waals surface area (Å²) in [6, 6.07) is 16.3. The molecule has 3 aromatic rings. The van der Waals surface area contributed by atoms with E-state index in [1.165, 1.54) is 4.90 Å². The Hall–Kier alpha value is -3.52. The average molecular weight is 392 g/mol. The molecule has 1 aliphatic heterocycles. The first-order chi connectivity index (χ1) is 14.2. The van der Waals surface area contributed by atoms with Crippen LogP contribution in [-0.4, -0.2) is 39.2 Å². The highest BCUT2D eigenvalue weighted by atomic mass is 16.5. The molecule has 2 heterocycles. The van der Waals surface area contributed by atoms with E-state index in [1.54, 1.807) is 30.6 Å². The van der Waals surface area contributed by atoms with Crippen molar-refractivity contribution >= 4 is 17.5 Å². The highest BCUT2D eigenvalue weighted by molar-refractivity contribution is 6.21. The summed E-state index contributed by atoms with van der Waals surface area (Å²) in [7, 11) is 0. The maximum Gasteiger partial charge on any atom is 0.292 e. The molecule has 2 amide bonds. The third kappa shape index (κ3) is 3.88. The summed E-state index contributed by atoms with van der Waals surface area (Å²) >= 11 is 0. The lowest BCUT2D eigenvalue weighted by molar-refractivity contribution is -0.691. The number of nitrogens with zero attached hydrogens (tertiary/aromatic N) is 4. The predicted octanol–water partition coefficient (Wildman–Crippen LogP) is 1.06. The van der Waals surface area contributed by atoms with E-state index in [-0.39, 0.29) is 18.2 Å². The summed E-state index contributed by atoms with van der Waals surface area (Å²) in [5.74, 6) is 1.00. The monoisotopic (exact) mass is 392 g/mol. The minimum absolute atomic E-state index is 0.158. The van der Waals surface area contributed by atoms with Crippen LogP contribution in [0.4, 0.5) is 5.69 Å². The number of para-hydroxylation sites is 1. The van der Waals surface area contributed by atoms with Crippen molar-refractivity contribution in [3.8, 4) is 11.4 Å². The van der Waals surface area contributed by atoms with Crippen molar-refractivity contribution in [3.63, 3.8) is 0 Å². The predicted molar refractivity (Wildman–Crippen MR) is 105 cm³/mol. The molecule has 148 valence electrons.